The molecule has 96 valence electrons. The Morgan fingerprint density at radius 3 is 3.00 bits per heavy atom. The summed E-state index contributed by atoms with van der Waals surface area (Å²) in [6.07, 6.45) is 4.32. The van der Waals surface area contributed by atoms with E-state index in [9.17, 15) is 9.59 Å². The van der Waals surface area contributed by atoms with E-state index < -0.39 is 11.2 Å². The van der Waals surface area contributed by atoms with Gasteiger partial charge in [-0.1, -0.05) is 6.92 Å². The minimum Gasteiger partial charge on any atom is -0.296 e. The summed E-state index contributed by atoms with van der Waals surface area (Å²) in [5, 5.41) is 9.40. The Balaban J connectivity index is 2.28. The molecule has 2 unspecified atom stereocenters. The molecule has 5 nitrogen and oxygen atoms in total. The van der Waals surface area contributed by atoms with Gasteiger partial charge in [-0.25, -0.2) is 4.79 Å². The first kappa shape index (κ1) is 13.0. The van der Waals surface area contributed by atoms with Crippen molar-refractivity contribution in [1.29, 1.82) is 5.26 Å². The highest BCUT2D eigenvalue weighted by molar-refractivity contribution is 7.99. The zero-order chi connectivity index (χ0) is 13.1. The molecule has 0 aliphatic heterocycles. The summed E-state index contributed by atoms with van der Waals surface area (Å²) in [5.41, 5.74) is -1.01. The fourth-order valence-electron chi connectivity index (χ4n) is 2.39. The van der Waals surface area contributed by atoms with Gasteiger partial charge in [0, 0.05) is 17.5 Å². The van der Waals surface area contributed by atoms with Crippen molar-refractivity contribution < 1.29 is 0 Å². The average Bonchev–Trinajstić information content (AvgIpc) is 2.78. The first-order valence-electron chi connectivity index (χ1n) is 6.03. The lowest BCUT2D eigenvalue weighted by molar-refractivity contribution is 0.491. The van der Waals surface area contributed by atoms with Crippen LogP contribution in [0.2, 0.25) is 0 Å². The second-order valence-corrected chi connectivity index (χ2v) is 5.94. The number of nitriles is 1. The number of hydrogen-bond donors (Lipinski definition) is 1. The highest BCUT2D eigenvalue weighted by Crippen LogP contribution is 2.36. The summed E-state index contributed by atoms with van der Waals surface area (Å²) in [6.45, 7) is 2.12. The second-order valence-electron chi connectivity index (χ2n) is 4.37. The molecule has 0 amide bonds. The van der Waals surface area contributed by atoms with Crippen LogP contribution in [-0.2, 0) is 0 Å². The molecule has 1 aliphatic carbocycles. The zero-order valence-electron chi connectivity index (χ0n) is 10.2. The molecule has 0 aromatic carbocycles. The lowest BCUT2D eigenvalue weighted by Gasteiger charge is -2.13. The zero-order valence-corrected chi connectivity index (χ0v) is 11.0. The van der Waals surface area contributed by atoms with Crippen molar-refractivity contribution in [2.75, 3.05) is 5.75 Å². The van der Waals surface area contributed by atoms with E-state index in [0.29, 0.717) is 5.25 Å². The fraction of sp³-hybridized carbons (Fsp3) is 0.583. The van der Waals surface area contributed by atoms with Crippen molar-refractivity contribution in [2.24, 2.45) is 0 Å². The van der Waals surface area contributed by atoms with E-state index in [1.165, 1.54) is 10.8 Å². The molecule has 1 saturated carbocycles. The van der Waals surface area contributed by atoms with E-state index in [-0.39, 0.29) is 11.6 Å². The van der Waals surface area contributed by atoms with Crippen LogP contribution in [0.3, 0.4) is 0 Å². The highest BCUT2D eigenvalue weighted by Gasteiger charge is 2.26. The molecule has 6 heteroatoms. The molecule has 1 fully saturated rings. The minimum absolute atomic E-state index is 0.00111. The molecular weight excluding hydrogens is 250 g/mol. The maximum Gasteiger partial charge on any atom is 0.328 e. The number of rotatable bonds is 3. The van der Waals surface area contributed by atoms with Crippen molar-refractivity contribution in [1.82, 2.24) is 9.55 Å². The van der Waals surface area contributed by atoms with Gasteiger partial charge in [0.05, 0.1) is 0 Å². The van der Waals surface area contributed by atoms with Crippen molar-refractivity contribution in [3.63, 3.8) is 0 Å². The molecule has 18 heavy (non-hydrogen) atoms. The van der Waals surface area contributed by atoms with Crippen LogP contribution in [0.25, 0.3) is 0 Å². The van der Waals surface area contributed by atoms with Crippen LogP contribution in [0, 0.1) is 11.3 Å². The van der Waals surface area contributed by atoms with Crippen LogP contribution < -0.4 is 11.2 Å². The number of thioether (sulfide) groups is 1. The second kappa shape index (κ2) is 5.44. The van der Waals surface area contributed by atoms with Crippen molar-refractivity contribution in [3.05, 3.63) is 32.6 Å². The quantitative estimate of drug-likeness (QED) is 0.892. The molecular formula is C12H15N3O2S. The summed E-state index contributed by atoms with van der Waals surface area (Å²) in [6, 6.07) is 1.92. The van der Waals surface area contributed by atoms with Gasteiger partial charge < -0.3 is 0 Å². The summed E-state index contributed by atoms with van der Waals surface area (Å²) in [5.74, 6) is 1.07. The van der Waals surface area contributed by atoms with Crippen LogP contribution in [0.5, 0.6) is 0 Å². The number of aromatic nitrogens is 2. The van der Waals surface area contributed by atoms with Gasteiger partial charge in [0.2, 0.25) is 0 Å². The predicted molar refractivity (Wildman–Crippen MR) is 70.8 cm³/mol. The van der Waals surface area contributed by atoms with Gasteiger partial charge in [-0.15, -0.1) is 0 Å². The van der Waals surface area contributed by atoms with Gasteiger partial charge in [-0.05, 0) is 25.0 Å². The largest absolute Gasteiger partial charge is 0.328 e. The highest BCUT2D eigenvalue weighted by atomic mass is 32.2. The average molecular weight is 265 g/mol. The van der Waals surface area contributed by atoms with Crippen molar-refractivity contribution in [3.8, 4) is 6.07 Å². The standard InChI is InChI=1S/C12H15N3O2S/c1-2-18-10-4-3-9(5-10)15-7-8(6-13)11(16)14-12(15)17/h7,9-10H,2-5H2,1H3,(H,14,16,17). The Kier molecular flexibility index (Phi) is 3.92. The molecule has 0 spiro atoms. The summed E-state index contributed by atoms with van der Waals surface area (Å²) >= 11 is 1.90. The van der Waals surface area contributed by atoms with Gasteiger partial charge >= 0.3 is 5.69 Å². The van der Waals surface area contributed by atoms with Gasteiger partial charge in [-0.2, -0.15) is 17.0 Å². The summed E-state index contributed by atoms with van der Waals surface area (Å²) in [4.78, 5) is 25.3. The van der Waals surface area contributed by atoms with Gasteiger partial charge in [0.25, 0.3) is 5.56 Å². The normalized spacial score (nSPS) is 22.9. The Hall–Kier alpha value is -1.48. The third-order valence-electron chi connectivity index (χ3n) is 3.24. The SMILES string of the molecule is CCSC1CCC(n2cc(C#N)c(=O)[nH]c2=O)C1. The van der Waals surface area contributed by atoms with E-state index in [1.54, 1.807) is 0 Å². The third-order valence-corrected chi connectivity index (χ3v) is 4.47. The first-order valence-corrected chi connectivity index (χ1v) is 7.07. The number of hydrogen-bond acceptors (Lipinski definition) is 4. The Bertz CT molecular complexity index is 584. The molecule has 2 rings (SSSR count). The lowest BCUT2D eigenvalue weighted by atomic mass is 10.2. The molecule has 1 N–H and O–H groups in total. The van der Waals surface area contributed by atoms with E-state index in [4.69, 9.17) is 5.26 Å². The summed E-state index contributed by atoms with van der Waals surface area (Å²) < 4.78 is 1.51. The third kappa shape index (κ3) is 2.51. The maximum absolute atomic E-state index is 11.8. The molecule has 1 heterocycles. The number of nitrogens with zero attached hydrogens (tertiary/aromatic N) is 2. The first-order chi connectivity index (χ1) is 8.65. The van der Waals surface area contributed by atoms with Crippen LogP contribution >= 0.6 is 11.8 Å². The van der Waals surface area contributed by atoms with Gasteiger partial charge in [0.1, 0.15) is 11.6 Å². The van der Waals surface area contributed by atoms with Crippen LogP contribution in [0.1, 0.15) is 37.8 Å². The topological polar surface area (TPSA) is 78.7 Å². The molecule has 2 atom stereocenters. The lowest BCUT2D eigenvalue weighted by Crippen LogP contribution is -2.32. The molecule has 0 radical (unpaired) electrons. The van der Waals surface area contributed by atoms with E-state index in [2.05, 4.69) is 11.9 Å². The number of H-pyrrole nitrogens is 1. The van der Waals surface area contributed by atoms with Crippen LogP contribution in [0.4, 0.5) is 0 Å². The smallest absolute Gasteiger partial charge is 0.296 e. The molecule has 0 saturated heterocycles. The summed E-state index contributed by atoms with van der Waals surface area (Å²) in [7, 11) is 0. The van der Waals surface area contributed by atoms with E-state index in [1.807, 2.05) is 17.8 Å². The number of nitrogens with one attached hydrogen (secondary N) is 1. The molecule has 1 aromatic rings. The van der Waals surface area contributed by atoms with Crippen LogP contribution in [0.15, 0.2) is 15.8 Å². The maximum atomic E-state index is 11.8. The fourth-order valence-corrected chi connectivity index (χ4v) is 3.53. The monoisotopic (exact) mass is 265 g/mol. The van der Waals surface area contributed by atoms with Gasteiger partial charge in [0.15, 0.2) is 0 Å². The van der Waals surface area contributed by atoms with E-state index >= 15 is 0 Å². The number of aromatic amines is 1. The molecule has 0 bridgehead atoms. The molecule has 1 aromatic heterocycles. The van der Waals surface area contributed by atoms with E-state index in [0.717, 1.165) is 25.0 Å². The minimum atomic E-state index is -0.601. The Labute approximate surface area is 109 Å². The predicted octanol–water partition coefficient (Wildman–Crippen LogP) is 1.25. The van der Waals surface area contributed by atoms with Gasteiger partial charge in [-0.3, -0.25) is 14.3 Å². The molecule has 1 aliphatic rings. The Morgan fingerprint density at radius 1 is 1.56 bits per heavy atom. The van der Waals surface area contributed by atoms with Crippen LogP contribution in [-0.4, -0.2) is 20.6 Å². The van der Waals surface area contributed by atoms with Crippen molar-refractivity contribution >= 4 is 11.8 Å². The van der Waals surface area contributed by atoms with Crippen molar-refractivity contribution in [2.45, 2.75) is 37.5 Å². The Morgan fingerprint density at radius 2 is 2.33 bits per heavy atom.